The SMILES string of the molecule is COCCCNCc1cccc(OC)c1OCCC(C)C. The second-order valence-electron chi connectivity index (χ2n) is 5.50. The summed E-state index contributed by atoms with van der Waals surface area (Å²) in [7, 11) is 3.41. The molecule has 0 heterocycles. The van der Waals surface area contributed by atoms with E-state index in [9.17, 15) is 0 Å². The summed E-state index contributed by atoms with van der Waals surface area (Å²) in [4.78, 5) is 0. The largest absolute Gasteiger partial charge is 0.493 e. The van der Waals surface area contributed by atoms with Crippen LogP contribution in [0.25, 0.3) is 0 Å². The molecule has 0 radical (unpaired) electrons. The van der Waals surface area contributed by atoms with Gasteiger partial charge >= 0.3 is 0 Å². The number of ether oxygens (including phenoxy) is 3. The molecule has 0 saturated carbocycles. The summed E-state index contributed by atoms with van der Waals surface area (Å²) in [6.07, 6.45) is 2.04. The zero-order chi connectivity index (χ0) is 15.5. The Hall–Kier alpha value is -1.26. The van der Waals surface area contributed by atoms with Crippen molar-refractivity contribution in [1.29, 1.82) is 0 Å². The number of benzene rings is 1. The lowest BCUT2D eigenvalue weighted by Gasteiger charge is -2.16. The fraction of sp³-hybridized carbons (Fsp3) is 0.647. The van der Waals surface area contributed by atoms with Crippen molar-refractivity contribution in [3.8, 4) is 11.5 Å². The van der Waals surface area contributed by atoms with Crippen molar-refractivity contribution in [2.45, 2.75) is 33.2 Å². The van der Waals surface area contributed by atoms with Crippen molar-refractivity contribution in [2.24, 2.45) is 5.92 Å². The highest BCUT2D eigenvalue weighted by Gasteiger charge is 2.10. The first kappa shape index (κ1) is 17.8. The second-order valence-corrected chi connectivity index (χ2v) is 5.50. The van der Waals surface area contributed by atoms with Crippen LogP contribution in [0.1, 0.15) is 32.3 Å². The highest BCUT2D eigenvalue weighted by atomic mass is 16.5. The smallest absolute Gasteiger partial charge is 0.165 e. The molecule has 1 aromatic carbocycles. The quantitative estimate of drug-likeness (QED) is 0.636. The predicted molar refractivity (Wildman–Crippen MR) is 86.1 cm³/mol. The molecule has 0 aliphatic heterocycles. The molecule has 0 aliphatic rings. The number of hydrogen-bond acceptors (Lipinski definition) is 4. The molecular weight excluding hydrogens is 266 g/mol. The number of rotatable bonds is 11. The van der Waals surface area contributed by atoms with E-state index in [0.29, 0.717) is 12.5 Å². The third-order valence-corrected chi connectivity index (χ3v) is 3.24. The van der Waals surface area contributed by atoms with Crippen LogP contribution in [0.4, 0.5) is 0 Å². The van der Waals surface area contributed by atoms with Crippen LogP contribution in [0.3, 0.4) is 0 Å². The van der Waals surface area contributed by atoms with Crippen LogP contribution >= 0.6 is 0 Å². The van der Waals surface area contributed by atoms with Crippen molar-refractivity contribution in [3.63, 3.8) is 0 Å². The molecule has 1 aromatic rings. The van der Waals surface area contributed by atoms with Gasteiger partial charge in [-0.1, -0.05) is 26.0 Å². The Morgan fingerprint density at radius 3 is 2.62 bits per heavy atom. The number of hydrogen-bond donors (Lipinski definition) is 1. The fourth-order valence-electron chi connectivity index (χ4n) is 1.99. The zero-order valence-electron chi connectivity index (χ0n) is 13.8. The first-order chi connectivity index (χ1) is 10.2. The van der Waals surface area contributed by atoms with Crippen molar-refractivity contribution < 1.29 is 14.2 Å². The van der Waals surface area contributed by atoms with Gasteiger partial charge in [0.25, 0.3) is 0 Å². The van der Waals surface area contributed by atoms with E-state index in [1.54, 1.807) is 14.2 Å². The Kier molecular flexibility index (Phi) is 8.87. The number of para-hydroxylation sites is 1. The van der Waals surface area contributed by atoms with Gasteiger partial charge < -0.3 is 19.5 Å². The minimum absolute atomic E-state index is 0.635. The molecule has 1 N–H and O–H groups in total. The maximum Gasteiger partial charge on any atom is 0.165 e. The van der Waals surface area contributed by atoms with Crippen LogP contribution < -0.4 is 14.8 Å². The van der Waals surface area contributed by atoms with Crippen LogP contribution in [0.15, 0.2) is 18.2 Å². The highest BCUT2D eigenvalue weighted by molar-refractivity contribution is 5.46. The molecule has 0 fully saturated rings. The summed E-state index contributed by atoms with van der Waals surface area (Å²) < 4.78 is 16.4. The summed E-state index contributed by atoms with van der Waals surface area (Å²) in [6.45, 7) is 7.60. The Bertz CT molecular complexity index is 394. The van der Waals surface area contributed by atoms with Gasteiger partial charge in [-0.05, 0) is 31.4 Å². The normalized spacial score (nSPS) is 10.9. The summed E-state index contributed by atoms with van der Waals surface area (Å²) in [6, 6.07) is 6.02. The van der Waals surface area contributed by atoms with Gasteiger partial charge in [0.15, 0.2) is 11.5 Å². The van der Waals surface area contributed by atoms with E-state index >= 15 is 0 Å². The molecule has 4 nitrogen and oxygen atoms in total. The third kappa shape index (κ3) is 6.82. The van der Waals surface area contributed by atoms with Crippen LogP contribution in [0, 0.1) is 5.92 Å². The average molecular weight is 295 g/mol. The number of methoxy groups -OCH3 is 2. The Morgan fingerprint density at radius 2 is 1.95 bits per heavy atom. The molecule has 4 heteroatoms. The molecule has 0 unspecified atom stereocenters. The molecule has 0 atom stereocenters. The van der Waals surface area contributed by atoms with E-state index in [-0.39, 0.29) is 0 Å². The first-order valence-corrected chi connectivity index (χ1v) is 7.67. The summed E-state index contributed by atoms with van der Waals surface area (Å²) in [5, 5.41) is 3.41. The van der Waals surface area contributed by atoms with Crippen molar-refractivity contribution in [2.75, 3.05) is 34.0 Å². The van der Waals surface area contributed by atoms with E-state index < -0.39 is 0 Å². The number of nitrogens with one attached hydrogen (secondary N) is 1. The molecule has 0 saturated heterocycles. The summed E-state index contributed by atoms with van der Waals surface area (Å²) in [5.41, 5.74) is 1.13. The minimum Gasteiger partial charge on any atom is -0.493 e. The molecule has 0 bridgehead atoms. The molecule has 0 aromatic heterocycles. The third-order valence-electron chi connectivity index (χ3n) is 3.24. The van der Waals surface area contributed by atoms with Crippen molar-refractivity contribution in [1.82, 2.24) is 5.32 Å². The van der Waals surface area contributed by atoms with Crippen LogP contribution in [0.5, 0.6) is 11.5 Å². The van der Waals surface area contributed by atoms with Crippen molar-refractivity contribution >= 4 is 0 Å². The molecule has 0 aliphatic carbocycles. The Labute approximate surface area is 128 Å². The van der Waals surface area contributed by atoms with Gasteiger partial charge in [0, 0.05) is 25.8 Å². The lowest BCUT2D eigenvalue weighted by Crippen LogP contribution is -2.17. The van der Waals surface area contributed by atoms with E-state index in [2.05, 4.69) is 25.2 Å². The average Bonchev–Trinajstić information content (AvgIpc) is 2.47. The maximum absolute atomic E-state index is 5.96. The Balaban J connectivity index is 2.59. The lowest BCUT2D eigenvalue weighted by atomic mass is 10.1. The van der Waals surface area contributed by atoms with Crippen LogP contribution in [-0.2, 0) is 11.3 Å². The van der Waals surface area contributed by atoms with Crippen molar-refractivity contribution in [3.05, 3.63) is 23.8 Å². The monoisotopic (exact) mass is 295 g/mol. The second kappa shape index (κ2) is 10.5. The molecule has 1 rings (SSSR count). The lowest BCUT2D eigenvalue weighted by molar-refractivity contribution is 0.194. The highest BCUT2D eigenvalue weighted by Crippen LogP contribution is 2.31. The first-order valence-electron chi connectivity index (χ1n) is 7.67. The maximum atomic E-state index is 5.96. The fourth-order valence-corrected chi connectivity index (χ4v) is 1.99. The molecule has 21 heavy (non-hydrogen) atoms. The molecular formula is C17H29NO3. The Morgan fingerprint density at radius 1 is 1.14 bits per heavy atom. The van der Waals surface area contributed by atoms with Gasteiger partial charge in [0.05, 0.1) is 13.7 Å². The van der Waals surface area contributed by atoms with Gasteiger partial charge in [-0.25, -0.2) is 0 Å². The summed E-state index contributed by atoms with van der Waals surface area (Å²) >= 11 is 0. The van der Waals surface area contributed by atoms with E-state index in [1.807, 2.05) is 12.1 Å². The molecule has 120 valence electrons. The van der Waals surface area contributed by atoms with Gasteiger partial charge in [0.1, 0.15) is 0 Å². The van der Waals surface area contributed by atoms with Crippen LogP contribution in [0.2, 0.25) is 0 Å². The van der Waals surface area contributed by atoms with Gasteiger partial charge in [-0.3, -0.25) is 0 Å². The van der Waals surface area contributed by atoms with Gasteiger partial charge in [-0.2, -0.15) is 0 Å². The summed E-state index contributed by atoms with van der Waals surface area (Å²) in [5.74, 6) is 2.30. The van der Waals surface area contributed by atoms with E-state index in [4.69, 9.17) is 14.2 Å². The van der Waals surface area contributed by atoms with E-state index in [1.165, 1.54) is 0 Å². The van der Waals surface area contributed by atoms with Gasteiger partial charge in [-0.15, -0.1) is 0 Å². The van der Waals surface area contributed by atoms with E-state index in [0.717, 1.165) is 49.6 Å². The molecule has 0 amide bonds. The topological polar surface area (TPSA) is 39.7 Å². The minimum atomic E-state index is 0.635. The van der Waals surface area contributed by atoms with Gasteiger partial charge in [0.2, 0.25) is 0 Å². The zero-order valence-corrected chi connectivity index (χ0v) is 13.8. The predicted octanol–water partition coefficient (Wildman–Crippen LogP) is 3.25. The standard InChI is InChI=1S/C17H29NO3/c1-14(2)9-12-21-17-15(7-5-8-16(17)20-4)13-18-10-6-11-19-3/h5,7-8,14,18H,6,9-13H2,1-4H3. The molecule has 0 spiro atoms. The van der Waals surface area contributed by atoms with Crippen LogP contribution in [-0.4, -0.2) is 34.0 Å².